The van der Waals surface area contributed by atoms with Crippen molar-refractivity contribution >= 4 is 21.8 Å². The second-order valence-electron chi connectivity index (χ2n) is 4.27. The van der Waals surface area contributed by atoms with Crippen LogP contribution in [0.2, 0.25) is 0 Å². The lowest BCUT2D eigenvalue weighted by atomic mass is 10.2. The van der Waals surface area contributed by atoms with Gasteiger partial charge in [0.15, 0.2) is 0 Å². The van der Waals surface area contributed by atoms with Gasteiger partial charge in [-0.3, -0.25) is 14.2 Å². The van der Waals surface area contributed by atoms with Gasteiger partial charge in [0.25, 0.3) is 11.5 Å². The Hall–Kier alpha value is -1.99. The monoisotopic (exact) mass is 354 g/mol. The van der Waals surface area contributed by atoms with E-state index in [9.17, 15) is 14.0 Å². The summed E-state index contributed by atoms with van der Waals surface area (Å²) in [6, 6.07) is 6.69. The minimum Gasteiger partial charge on any atom is -0.378 e. The molecule has 2 rings (SSSR count). The van der Waals surface area contributed by atoms with Crippen molar-refractivity contribution in [1.29, 1.82) is 0 Å². The van der Waals surface area contributed by atoms with Gasteiger partial charge in [-0.15, -0.1) is 0 Å². The minimum atomic E-state index is -0.833. The summed E-state index contributed by atoms with van der Waals surface area (Å²) in [7, 11) is 1.48. The summed E-state index contributed by atoms with van der Waals surface area (Å²) in [6.07, 6.45) is 0. The molecule has 0 bridgehead atoms. The first-order valence-corrected chi connectivity index (χ1v) is 6.74. The highest BCUT2D eigenvalue weighted by atomic mass is 79.9. The van der Waals surface area contributed by atoms with Crippen molar-refractivity contribution in [2.75, 3.05) is 7.11 Å². The van der Waals surface area contributed by atoms with Crippen molar-refractivity contribution in [3.63, 3.8) is 0 Å². The van der Waals surface area contributed by atoms with Crippen molar-refractivity contribution in [1.82, 2.24) is 4.57 Å². The third-order valence-electron chi connectivity index (χ3n) is 2.88. The molecule has 21 heavy (non-hydrogen) atoms. The zero-order chi connectivity index (χ0) is 15.6. The Labute approximate surface area is 128 Å². The molecule has 1 aromatic heterocycles. The molecule has 0 aliphatic carbocycles. The SMILES string of the molecule is COCc1c(Br)cc(C(N)=O)c(=O)n1-c1ccc(F)cc1. The summed E-state index contributed by atoms with van der Waals surface area (Å²) in [5.41, 5.74) is 5.39. The quantitative estimate of drug-likeness (QED) is 0.912. The fraction of sp³-hybridized carbons (Fsp3) is 0.143. The Kier molecular flexibility index (Phi) is 4.54. The molecule has 0 aliphatic heterocycles. The number of primary amides is 1. The van der Waals surface area contributed by atoms with Crippen molar-refractivity contribution in [3.05, 3.63) is 62.2 Å². The fourth-order valence-corrected chi connectivity index (χ4v) is 2.45. The highest BCUT2D eigenvalue weighted by Crippen LogP contribution is 2.21. The highest BCUT2D eigenvalue weighted by molar-refractivity contribution is 9.10. The molecule has 7 heteroatoms. The number of methoxy groups -OCH3 is 1. The minimum absolute atomic E-state index is 0.131. The second kappa shape index (κ2) is 6.19. The zero-order valence-corrected chi connectivity index (χ0v) is 12.7. The molecule has 1 amide bonds. The van der Waals surface area contributed by atoms with Crippen molar-refractivity contribution in [3.8, 4) is 5.69 Å². The summed E-state index contributed by atoms with van der Waals surface area (Å²) in [5.74, 6) is -1.26. The maximum atomic E-state index is 13.0. The number of benzene rings is 1. The third kappa shape index (κ3) is 3.03. The van der Waals surface area contributed by atoms with E-state index in [0.717, 1.165) is 0 Å². The van der Waals surface area contributed by atoms with Gasteiger partial charge in [0.1, 0.15) is 11.4 Å². The number of aromatic nitrogens is 1. The summed E-state index contributed by atoms with van der Waals surface area (Å²) in [5, 5.41) is 0. The molecule has 0 radical (unpaired) electrons. The number of hydrogen-bond donors (Lipinski definition) is 1. The van der Waals surface area contributed by atoms with Crippen LogP contribution in [-0.4, -0.2) is 17.6 Å². The summed E-state index contributed by atoms with van der Waals surface area (Å²) < 4.78 is 19.9. The number of nitrogens with two attached hydrogens (primary N) is 1. The highest BCUT2D eigenvalue weighted by Gasteiger charge is 2.17. The summed E-state index contributed by atoms with van der Waals surface area (Å²) >= 11 is 3.29. The van der Waals surface area contributed by atoms with E-state index in [1.165, 1.54) is 42.0 Å². The Morgan fingerprint density at radius 2 is 2.00 bits per heavy atom. The first-order valence-electron chi connectivity index (χ1n) is 5.94. The number of amides is 1. The Morgan fingerprint density at radius 3 is 2.52 bits per heavy atom. The van der Waals surface area contributed by atoms with Crippen molar-refractivity contribution < 1.29 is 13.9 Å². The Bertz CT molecular complexity index is 741. The molecule has 0 aliphatic rings. The van der Waals surface area contributed by atoms with E-state index in [1.807, 2.05) is 0 Å². The summed E-state index contributed by atoms with van der Waals surface area (Å²) in [4.78, 5) is 23.8. The van der Waals surface area contributed by atoms with E-state index in [4.69, 9.17) is 10.5 Å². The molecule has 0 saturated carbocycles. The molecule has 110 valence electrons. The molecule has 0 fully saturated rings. The Morgan fingerprint density at radius 1 is 1.38 bits per heavy atom. The molecule has 0 spiro atoms. The number of carbonyl (C=O) groups excluding carboxylic acids is 1. The number of halogens is 2. The predicted molar refractivity (Wildman–Crippen MR) is 78.9 cm³/mol. The van der Waals surface area contributed by atoms with Gasteiger partial charge in [-0.25, -0.2) is 4.39 Å². The number of nitrogens with zero attached hydrogens (tertiary/aromatic N) is 1. The maximum Gasteiger partial charge on any atom is 0.268 e. The van der Waals surface area contributed by atoms with Crippen LogP contribution >= 0.6 is 15.9 Å². The van der Waals surface area contributed by atoms with Crippen LogP contribution in [-0.2, 0) is 11.3 Å². The van der Waals surface area contributed by atoms with Gasteiger partial charge in [0.05, 0.1) is 12.3 Å². The second-order valence-corrected chi connectivity index (χ2v) is 5.12. The molecule has 0 atom stereocenters. The van der Waals surface area contributed by atoms with Crippen LogP contribution < -0.4 is 11.3 Å². The summed E-state index contributed by atoms with van der Waals surface area (Å²) in [6.45, 7) is 0.131. The molecule has 0 saturated heterocycles. The number of rotatable bonds is 4. The van der Waals surface area contributed by atoms with Crippen molar-refractivity contribution in [2.45, 2.75) is 6.61 Å². The standard InChI is InChI=1S/C14H12BrFN2O3/c1-21-7-12-11(15)6-10(13(17)19)14(20)18(12)9-4-2-8(16)3-5-9/h2-6H,7H2,1H3,(H2,17,19). The number of carbonyl (C=O) groups is 1. The first kappa shape index (κ1) is 15.4. The molecule has 0 unspecified atom stereocenters. The third-order valence-corrected chi connectivity index (χ3v) is 3.57. The molecular weight excluding hydrogens is 343 g/mol. The van der Waals surface area contributed by atoms with Crippen LogP contribution in [0, 0.1) is 5.82 Å². The van der Waals surface area contributed by atoms with Gasteiger partial charge < -0.3 is 10.5 Å². The van der Waals surface area contributed by atoms with E-state index in [1.54, 1.807) is 0 Å². The zero-order valence-electron chi connectivity index (χ0n) is 11.1. The van der Waals surface area contributed by atoms with Gasteiger partial charge >= 0.3 is 0 Å². The molecule has 5 nitrogen and oxygen atoms in total. The lowest BCUT2D eigenvalue weighted by molar-refractivity contribution is 0.0998. The van der Waals surface area contributed by atoms with Crippen LogP contribution in [0.5, 0.6) is 0 Å². The maximum absolute atomic E-state index is 13.0. The van der Waals surface area contributed by atoms with Gasteiger partial charge in [-0.1, -0.05) is 0 Å². The van der Waals surface area contributed by atoms with Crippen LogP contribution in [0.15, 0.2) is 39.6 Å². The molecule has 1 heterocycles. The largest absolute Gasteiger partial charge is 0.378 e. The number of hydrogen-bond acceptors (Lipinski definition) is 3. The average Bonchev–Trinajstić information content (AvgIpc) is 2.44. The average molecular weight is 355 g/mol. The van der Waals surface area contributed by atoms with Gasteiger partial charge in [-0.05, 0) is 46.3 Å². The number of pyridine rings is 1. The predicted octanol–water partition coefficient (Wildman–Crippen LogP) is 1.98. The van der Waals surface area contributed by atoms with Crippen LogP contribution in [0.25, 0.3) is 5.69 Å². The molecule has 2 aromatic rings. The molecule has 1 aromatic carbocycles. The first-order chi connectivity index (χ1) is 9.95. The van der Waals surface area contributed by atoms with Crippen LogP contribution in [0.3, 0.4) is 0 Å². The van der Waals surface area contributed by atoms with Gasteiger partial charge in [0.2, 0.25) is 0 Å². The van der Waals surface area contributed by atoms with E-state index < -0.39 is 17.3 Å². The van der Waals surface area contributed by atoms with E-state index in [2.05, 4.69) is 15.9 Å². The molecule has 2 N–H and O–H groups in total. The van der Waals surface area contributed by atoms with E-state index >= 15 is 0 Å². The van der Waals surface area contributed by atoms with E-state index in [0.29, 0.717) is 15.9 Å². The lowest BCUT2D eigenvalue weighted by Gasteiger charge is -2.15. The number of ether oxygens (including phenoxy) is 1. The fourth-order valence-electron chi connectivity index (χ4n) is 1.93. The van der Waals surface area contributed by atoms with Gasteiger partial charge in [-0.2, -0.15) is 0 Å². The lowest BCUT2D eigenvalue weighted by Crippen LogP contribution is -2.31. The van der Waals surface area contributed by atoms with Crippen LogP contribution in [0.4, 0.5) is 4.39 Å². The smallest absolute Gasteiger partial charge is 0.268 e. The Balaban J connectivity index is 2.79. The van der Waals surface area contributed by atoms with E-state index in [-0.39, 0.29) is 12.2 Å². The van der Waals surface area contributed by atoms with Crippen LogP contribution in [0.1, 0.15) is 16.1 Å². The van der Waals surface area contributed by atoms with Crippen molar-refractivity contribution in [2.24, 2.45) is 5.73 Å². The van der Waals surface area contributed by atoms with Gasteiger partial charge in [0, 0.05) is 17.3 Å². The molecular formula is C14H12BrFN2O3. The normalized spacial score (nSPS) is 10.6. The topological polar surface area (TPSA) is 74.3 Å².